The summed E-state index contributed by atoms with van der Waals surface area (Å²) in [6.45, 7) is -0.204. The van der Waals surface area contributed by atoms with Crippen molar-refractivity contribution < 1.29 is 22.7 Å². The molecule has 0 spiro atoms. The lowest BCUT2D eigenvalue weighted by Crippen LogP contribution is -2.62. The topological polar surface area (TPSA) is 108 Å². The highest BCUT2D eigenvalue weighted by Crippen LogP contribution is 2.26. The predicted octanol–water partition coefficient (Wildman–Crippen LogP) is -0.0900. The first-order valence-electron chi connectivity index (χ1n) is 6.42. The minimum Gasteiger partial charge on any atom is -0.439 e. The first kappa shape index (κ1) is 14.5. The number of amides is 2. The molecule has 2 fully saturated rings. The molecule has 2 amide bonds. The maximum absolute atomic E-state index is 12.4. The number of sulfonamides is 1. The maximum Gasteiger partial charge on any atom is 0.417 e. The number of hydrogen-bond acceptors (Lipinski definition) is 6. The van der Waals surface area contributed by atoms with E-state index in [0.717, 1.165) is 4.90 Å². The van der Waals surface area contributed by atoms with E-state index in [9.17, 15) is 18.0 Å². The van der Waals surface area contributed by atoms with Crippen molar-refractivity contribution in [2.45, 2.75) is 10.9 Å². The van der Waals surface area contributed by atoms with E-state index < -0.39 is 28.1 Å². The van der Waals surface area contributed by atoms with Crippen LogP contribution in [0.15, 0.2) is 29.2 Å². The summed E-state index contributed by atoms with van der Waals surface area (Å²) in [5.74, 6) is -0.453. The van der Waals surface area contributed by atoms with E-state index in [2.05, 4.69) is 4.74 Å². The number of hydrogen-bond donors (Lipinski definition) is 0. The summed E-state index contributed by atoms with van der Waals surface area (Å²) in [5, 5.41) is 8.71. The van der Waals surface area contributed by atoms with E-state index in [0.29, 0.717) is 5.56 Å². The zero-order valence-corrected chi connectivity index (χ0v) is 12.1. The fourth-order valence-corrected chi connectivity index (χ4v) is 3.86. The van der Waals surface area contributed by atoms with Crippen molar-refractivity contribution in [2.75, 3.05) is 19.7 Å². The zero-order valence-electron chi connectivity index (χ0n) is 11.3. The summed E-state index contributed by atoms with van der Waals surface area (Å²) in [6, 6.07) is 6.98. The van der Waals surface area contributed by atoms with Gasteiger partial charge in [0.15, 0.2) is 6.61 Å². The van der Waals surface area contributed by atoms with Crippen molar-refractivity contribution in [2.24, 2.45) is 0 Å². The first-order chi connectivity index (χ1) is 10.4. The second-order valence-electron chi connectivity index (χ2n) is 4.93. The molecule has 1 aromatic rings. The van der Waals surface area contributed by atoms with Gasteiger partial charge in [0, 0.05) is 13.1 Å². The lowest BCUT2D eigenvalue weighted by molar-refractivity contribution is -0.128. The van der Waals surface area contributed by atoms with E-state index in [1.54, 1.807) is 0 Å². The number of rotatable bonds is 3. The van der Waals surface area contributed by atoms with Crippen LogP contribution in [0.1, 0.15) is 5.56 Å². The average molecular weight is 321 g/mol. The summed E-state index contributed by atoms with van der Waals surface area (Å²) in [5.41, 5.74) is 0.367. The van der Waals surface area contributed by atoms with Crippen molar-refractivity contribution in [3.63, 3.8) is 0 Å². The number of nitriles is 1. The molecule has 2 saturated heterocycles. The fourth-order valence-electron chi connectivity index (χ4n) is 2.34. The largest absolute Gasteiger partial charge is 0.439 e. The number of nitrogens with zero attached hydrogens (tertiary/aromatic N) is 3. The second-order valence-corrected chi connectivity index (χ2v) is 6.87. The quantitative estimate of drug-likeness (QED) is 0.770. The molecule has 2 aliphatic rings. The van der Waals surface area contributed by atoms with E-state index in [1.165, 1.54) is 28.6 Å². The van der Waals surface area contributed by atoms with Gasteiger partial charge < -0.3 is 4.74 Å². The Morgan fingerprint density at radius 1 is 1.18 bits per heavy atom. The smallest absolute Gasteiger partial charge is 0.417 e. The second kappa shape index (κ2) is 5.08. The highest BCUT2D eigenvalue weighted by atomic mass is 32.2. The van der Waals surface area contributed by atoms with Gasteiger partial charge in [-0.2, -0.15) is 9.57 Å². The van der Waals surface area contributed by atoms with Gasteiger partial charge in [-0.1, -0.05) is 0 Å². The van der Waals surface area contributed by atoms with Crippen molar-refractivity contribution >= 4 is 22.0 Å². The minimum atomic E-state index is -3.69. The van der Waals surface area contributed by atoms with Gasteiger partial charge in [0.1, 0.15) is 0 Å². The number of carbonyl (C=O) groups is 2. The number of carbonyl (C=O) groups excluding carboxylic acids is 2. The summed E-state index contributed by atoms with van der Waals surface area (Å²) >= 11 is 0. The molecule has 2 heterocycles. The average Bonchev–Trinajstić information content (AvgIpc) is 2.78. The molecule has 2 aliphatic heterocycles. The Bertz CT molecular complexity index is 759. The number of ether oxygens (including phenoxy) is 1. The SMILES string of the molecule is N#Cc1ccc(S(=O)(=O)N2CC(N3C(=O)COC3=O)C2)cc1. The van der Waals surface area contributed by atoms with Gasteiger partial charge in [0.05, 0.1) is 22.6 Å². The molecule has 1 aromatic carbocycles. The molecule has 0 aliphatic carbocycles. The van der Waals surface area contributed by atoms with Crippen LogP contribution in [0.25, 0.3) is 0 Å². The minimum absolute atomic E-state index is 0.0448. The van der Waals surface area contributed by atoms with Gasteiger partial charge in [0.25, 0.3) is 5.91 Å². The van der Waals surface area contributed by atoms with Crippen LogP contribution >= 0.6 is 0 Å². The zero-order chi connectivity index (χ0) is 15.9. The monoisotopic (exact) mass is 321 g/mol. The highest BCUT2D eigenvalue weighted by Gasteiger charge is 2.46. The maximum atomic E-state index is 12.4. The van der Waals surface area contributed by atoms with Crippen LogP contribution < -0.4 is 0 Å². The Hall–Kier alpha value is -2.44. The summed E-state index contributed by atoms with van der Waals surface area (Å²) in [4.78, 5) is 23.9. The van der Waals surface area contributed by atoms with E-state index in [-0.39, 0.29) is 24.6 Å². The molecule has 0 atom stereocenters. The lowest BCUT2D eigenvalue weighted by atomic mass is 10.1. The molecule has 0 saturated carbocycles. The van der Waals surface area contributed by atoms with Crippen LogP contribution in [0.4, 0.5) is 4.79 Å². The molecular formula is C13H11N3O5S. The van der Waals surface area contributed by atoms with Crippen molar-refractivity contribution in [3.05, 3.63) is 29.8 Å². The third kappa shape index (κ3) is 2.22. The molecule has 0 N–H and O–H groups in total. The number of cyclic esters (lactones) is 1. The van der Waals surface area contributed by atoms with E-state index in [4.69, 9.17) is 5.26 Å². The number of benzene rings is 1. The summed E-state index contributed by atoms with van der Waals surface area (Å²) < 4.78 is 30.5. The van der Waals surface area contributed by atoms with Gasteiger partial charge in [-0.05, 0) is 24.3 Å². The normalized spacial score (nSPS) is 19.7. The molecule has 0 radical (unpaired) electrons. The molecule has 0 aromatic heterocycles. The molecular weight excluding hydrogens is 310 g/mol. The standard InChI is InChI=1S/C13H11N3O5S/c14-5-9-1-3-11(4-2-9)22(19,20)15-6-10(7-15)16-12(17)8-21-13(16)18/h1-4,10H,6-8H2. The summed E-state index contributed by atoms with van der Waals surface area (Å²) in [7, 11) is -3.69. The molecule has 22 heavy (non-hydrogen) atoms. The third-order valence-electron chi connectivity index (χ3n) is 3.60. The third-order valence-corrected chi connectivity index (χ3v) is 5.45. The van der Waals surface area contributed by atoms with E-state index >= 15 is 0 Å². The van der Waals surface area contributed by atoms with Crippen LogP contribution in [-0.4, -0.2) is 55.4 Å². The van der Waals surface area contributed by atoms with Crippen LogP contribution in [0.2, 0.25) is 0 Å². The highest BCUT2D eigenvalue weighted by molar-refractivity contribution is 7.89. The molecule has 0 unspecified atom stereocenters. The fraction of sp³-hybridized carbons (Fsp3) is 0.308. The number of imide groups is 1. The van der Waals surface area contributed by atoms with Gasteiger partial charge >= 0.3 is 6.09 Å². The van der Waals surface area contributed by atoms with Crippen molar-refractivity contribution in [1.82, 2.24) is 9.21 Å². The Morgan fingerprint density at radius 3 is 2.32 bits per heavy atom. The Kier molecular flexibility index (Phi) is 3.35. The Balaban J connectivity index is 1.72. The lowest BCUT2D eigenvalue weighted by Gasteiger charge is -2.40. The Labute approximate surface area is 126 Å². The van der Waals surface area contributed by atoms with Gasteiger partial charge in [-0.15, -0.1) is 0 Å². The van der Waals surface area contributed by atoms with Crippen molar-refractivity contribution in [3.8, 4) is 6.07 Å². The Morgan fingerprint density at radius 2 is 1.82 bits per heavy atom. The predicted molar refractivity (Wildman–Crippen MR) is 71.9 cm³/mol. The van der Waals surface area contributed by atoms with Crippen LogP contribution in [0.5, 0.6) is 0 Å². The van der Waals surface area contributed by atoms with Crippen LogP contribution in [0.3, 0.4) is 0 Å². The van der Waals surface area contributed by atoms with E-state index in [1.807, 2.05) is 6.07 Å². The van der Waals surface area contributed by atoms with Crippen molar-refractivity contribution in [1.29, 1.82) is 5.26 Å². The van der Waals surface area contributed by atoms with Gasteiger partial charge in [0.2, 0.25) is 10.0 Å². The van der Waals surface area contributed by atoms with Crippen LogP contribution in [0, 0.1) is 11.3 Å². The molecule has 8 nitrogen and oxygen atoms in total. The van der Waals surface area contributed by atoms with Gasteiger partial charge in [-0.3, -0.25) is 4.79 Å². The molecule has 114 valence electrons. The van der Waals surface area contributed by atoms with Crippen LogP contribution in [-0.2, 0) is 19.6 Å². The molecule has 9 heteroatoms. The van der Waals surface area contributed by atoms with Gasteiger partial charge in [-0.25, -0.2) is 18.1 Å². The summed E-state index contributed by atoms with van der Waals surface area (Å²) in [6.07, 6.45) is -0.731. The molecule has 3 rings (SSSR count). The molecule has 0 bridgehead atoms. The first-order valence-corrected chi connectivity index (χ1v) is 7.86.